The minimum atomic E-state index is -1.23. The SMILES string of the molecule is O=C(O)c1ccc2c(c1C(=O)O)Cc1ccc(O)cc1C1CCC21. The topological polar surface area (TPSA) is 94.8 Å². The minimum Gasteiger partial charge on any atom is -0.508 e. The molecule has 0 bridgehead atoms. The number of hydrogen-bond acceptors (Lipinski definition) is 3. The summed E-state index contributed by atoms with van der Waals surface area (Å²) in [5.74, 6) is -1.79. The van der Waals surface area contributed by atoms with Gasteiger partial charge < -0.3 is 15.3 Å². The van der Waals surface area contributed by atoms with Crippen molar-refractivity contribution in [2.24, 2.45) is 0 Å². The Bertz CT molecular complexity index is 884. The van der Waals surface area contributed by atoms with E-state index in [1.54, 1.807) is 18.2 Å². The molecule has 2 aromatic rings. The largest absolute Gasteiger partial charge is 0.508 e. The second-order valence-corrected chi connectivity index (χ2v) is 6.52. The summed E-state index contributed by atoms with van der Waals surface area (Å²) in [6.07, 6.45) is 2.31. The van der Waals surface area contributed by atoms with E-state index in [1.807, 2.05) is 6.07 Å². The number of aromatic hydroxyl groups is 1. The molecular weight excluding hydrogens is 308 g/mol. The summed E-state index contributed by atoms with van der Waals surface area (Å²) in [6.45, 7) is 0. The van der Waals surface area contributed by atoms with Gasteiger partial charge in [-0.1, -0.05) is 12.1 Å². The van der Waals surface area contributed by atoms with Crippen LogP contribution in [0.4, 0.5) is 0 Å². The fraction of sp³-hybridized carbons (Fsp3) is 0.263. The van der Waals surface area contributed by atoms with Gasteiger partial charge in [0.15, 0.2) is 0 Å². The fourth-order valence-electron chi connectivity index (χ4n) is 4.15. The number of rotatable bonds is 2. The Balaban J connectivity index is 1.99. The van der Waals surface area contributed by atoms with Crippen molar-refractivity contribution in [3.05, 3.63) is 63.7 Å². The first-order valence-corrected chi connectivity index (χ1v) is 7.91. The van der Waals surface area contributed by atoms with Gasteiger partial charge in [0.05, 0.1) is 11.1 Å². The fourth-order valence-corrected chi connectivity index (χ4v) is 4.15. The van der Waals surface area contributed by atoms with E-state index in [2.05, 4.69) is 0 Å². The second-order valence-electron chi connectivity index (χ2n) is 6.52. The van der Waals surface area contributed by atoms with Gasteiger partial charge in [-0.25, -0.2) is 9.59 Å². The first-order valence-electron chi connectivity index (χ1n) is 7.91. The lowest BCUT2D eigenvalue weighted by Gasteiger charge is -2.37. The molecular formula is C19H16O5. The lowest BCUT2D eigenvalue weighted by Crippen LogP contribution is -2.23. The monoisotopic (exact) mass is 324 g/mol. The minimum absolute atomic E-state index is 0.105. The quantitative estimate of drug-likeness (QED) is 0.787. The van der Waals surface area contributed by atoms with Gasteiger partial charge in [-0.2, -0.15) is 0 Å². The van der Waals surface area contributed by atoms with E-state index in [1.165, 1.54) is 6.07 Å². The zero-order valence-corrected chi connectivity index (χ0v) is 12.8. The van der Waals surface area contributed by atoms with Crippen molar-refractivity contribution in [1.29, 1.82) is 0 Å². The van der Waals surface area contributed by atoms with Crippen molar-refractivity contribution in [2.75, 3.05) is 0 Å². The molecule has 0 aromatic heterocycles. The highest BCUT2D eigenvalue weighted by Crippen LogP contribution is 2.54. The van der Waals surface area contributed by atoms with E-state index < -0.39 is 11.9 Å². The third-order valence-electron chi connectivity index (χ3n) is 5.36. The molecule has 2 aliphatic rings. The van der Waals surface area contributed by atoms with Crippen molar-refractivity contribution >= 4 is 11.9 Å². The molecule has 0 radical (unpaired) electrons. The number of hydrogen-bond donors (Lipinski definition) is 3. The summed E-state index contributed by atoms with van der Waals surface area (Å²) in [7, 11) is 0. The number of carboxylic acid groups (broad SMARTS) is 2. The van der Waals surface area contributed by atoms with Gasteiger partial charge in [-0.15, -0.1) is 0 Å². The molecule has 1 fully saturated rings. The summed E-state index contributed by atoms with van der Waals surface area (Å²) >= 11 is 0. The lowest BCUT2D eigenvalue weighted by atomic mass is 9.66. The maximum absolute atomic E-state index is 11.8. The number of phenols is 1. The van der Waals surface area contributed by atoms with Crippen LogP contribution in [0.2, 0.25) is 0 Å². The standard InChI is InChI=1S/C19H16O5/c20-10-2-1-9-7-16-13(11-3-4-12(11)15(9)8-10)5-6-14(18(21)22)17(16)19(23)24/h1-2,5-6,8,11-12,20H,3-4,7H2,(H,21,22)(H,23,24). The van der Waals surface area contributed by atoms with Crippen LogP contribution in [0.15, 0.2) is 30.3 Å². The highest BCUT2D eigenvalue weighted by Gasteiger charge is 2.40. The molecule has 2 unspecified atom stereocenters. The van der Waals surface area contributed by atoms with E-state index in [0.29, 0.717) is 12.0 Å². The molecule has 122 valence electrons. The van der Waals surface area contributed by atoms with E-state index in [-0.39, 0.29) is 28.7 Å². The summed E-state index contributed by atoms with van der Waals surface area (Å²) < 4.78 is 0. The predicted octanol–water partition coefficient (Wildman–Crippen LogP) is 3.35. The maximum atomic E-state index is 11.8. The van der Waals surface area contributed by atoms with Gasteiger partial charge in [-0.3, -0.25) is 0 Å². The van der Waals surface area contributed by atoms with Crippen molar-refractivity contribution < 1.29 is 24.9 Å². The summed E-state index contributed by atoms with van der Waals surface area (Å²) in [4.78, 5) is 23.2. The van der Waals surface area contributed by atoms with Crippen LogP contribution in [0.3, 0.4) is 0 Å². The molecule has 4 rings (SSSR count). The molecule has 0 spiro atoms. The number of carboxylic acids is 2. The van der Waals surface area contributed by atoms with Gasteiger partial charge in [0.1, 0.15) is 5.75 Å². The van der Waals surface area contributed by atoms with Crippen LogP contribution < -0.4 is 0 Å². The molecule has 2 aromatic carbocycles. The first kappa shape index (κ1) is 14.8. The van der Waals surface area contributed by atoms with Gasteiger partial charge >= 0.3 is 11.9 Å². The van der Waals surface area contributed by atoms with Gasteiger partial charge in [0.25, 0.3) is 0 Å². The molecule has 24 heavy (non-hydrogen) atoms. The van der Waals surface area contributed by atoms with E-state index in [9.17, 15) is 24.9 Å². The Hall–Kier alpha value is -2.82. The lowest BCUT2D eigenvalue weighted by molar-refractivity contribution is 0.0650. The van der Waals surface area contributed by atoms with E-state index in [0.717, 1.165) is 29.5 Å². The molecule has 0 amide bonds. The number of carbonyl (C=O) groups is 2. The van der Waals surface area contributed by atoms with Crippen molar-refractivity contribution in [1.82, 2.24) is 0 Å². The average Bonchev–Trinajstić information content (AvgIpc) is 2.57. The second kappa shape index (κ2) is 5.09. The molecule has 1 saturated carbocycles. The third-order valence-corrected chi connectivity index (χ3v) is 5.36. The predicted molar refractivity (Wildman–Crippen MR) is 86.0 cm³/mol. The summed E-state index contributed by atoms with van der Waals surface area (Å²) in [6, 6.07) is 8.35. The first-order chi connectivity index (χ1) is 11.5. The number of benzene rings is 2. The van der Waals surface area contributed by atoms with Crippen LogP contribution in [0.5, 0.6) is 5.75 Å². The Labute approximate surface area is 138 Å². The van der Waals surface area contributed by atoms with E-state index in [4.69, 9.17) is 0 Å². The van der Waals surface area contributed by atoms with Gasteiger partial charge in [0.2, 0.25) is 0 Å². The van der Waals surface area contributed by atoms with Crippen molar-refractivity contribution in [2.45, 2.75) is 31.1 Å². The zero-order valence-electron chi connectivity index (χ0n) is 12.8. The highest BCUT2D eigenvalue weighted by molar-refractivity contribution is 6.03. The number of aromatic carboxylic acids is 2. The normalized spacial score (nSPS) is 20.8. The number of fused-ring (bicyclic) bond motifs is 5. The molecule has 5 heteroatoms. The Morgan fingerprint density at radius 1 is 0.917 bits per heavy atom. The van der Waals surface area contributed by atoms with Crippen LogP contribution in [0, 0.1) is 0 Å². The van der Waals surface area contributed by atoms with Crippen LogP contribution in [0.25, 0.3) is 0 Å². The van der Waals surface area contributed by atoms with Crippen molar-refractivity contribution in [3.63, 3.8) is 0 Å². The summed E-state index contributed by atoms with van der Waals surface area (Å²) in [5, 5.41) is 28.8. The van der Waals surface area contributed by atoms with Crippen LogP contribution in [-0.2, 0) is 6.42 Å². The van der Waals surface area contributed by atoms with Gasteiger partial charge in [0, 0.05) is 0 Å². The molecule has 2 aliphatic carbocycles. The Kier molecular flexibility index (Phi) is 3.13. The smallest absolute Gasteiger partial charge is 0.336 e. The molecule has 0 aliphatic heterocycles. The van der Waals surface area contributed by atoms with Gasteiger partial charge in [-0.05, 0) is 71.6 Å². The molecule has 5 nitrogen and oxygen atoms in total. The third kappa shape index (κ3) is 2.01. The molecule has 2 atom stereocenters. The molecule has 3 N–H and O–H groups in total. The zero-order chi connectivity index (χ0) is 17.0. The molecule has 0 heterocycles. The van der Waals surface area contributed by atoms with Crippen LogP contribution >= 0.6 is 0 Å². The summed E-state index contributed by atoms with van der Waals surface area (Å²) in [5.41, 5.74) is 3.28. The molecule has 0 saturated heterocycles. The van der Waals surface area contributed by atoms with E-state index >= 15 is 0 Å². The Morgan fingerprint density at radius 3 is 2.25 bits per heavy atom. The van der Waals surface area contributed by atoms with Crippen molar-refractivity contribution in [3.8, 4) is 5.75 Å². The van der Waals surface area contributed by atoms with Crippen LogP contribution in [-0.4, -0.2) is 27.3 Å². The number of phenolic OH excluding ortho intramolecular Hbond substituents is 1. The average molecular weight is 324 g/mol. The Morgan fingerprint density at radius 2 is 1.62 bits per heavy atom. The highest BCUT2D eigenvalue weighted by atomic mass is 16.4. The maximum Gasteiger partial charge on any atom is 0.336 e. The van der Waals surface area contributed by atoms with Crippen LogP contribution in [0.1, 0.15) is 67.6 Å².